The molecule has 1 fully saturated rings. The fourth-order valence-electron chi connectivity index (χ4n) is 2.14. The van der Waals surface area contributed by atoms with Gasteiger partial charge in [-0.05, 0) is 25.0 Å². The van der Waals surface area contributed by atoms with Gasteiger partial charge in [0.25, 0.3) is 0 Å². The van der Waals surface area contributed by atoms with E-state index in [1.807, 2.05) is 19.2 Å². The maximum atomic E-state index is 5.63. The number of aromatic nitrogens is 1. The highest BCUT2D eigenvalue weighted by molar-refractivity contribution is 5.14. The van der Waals surface area contributed by atoms with Gasteiger partial charge in [-0.15, -0.1) is 0 Å². The Morgan fingerprint density at radius 1 is 1.44 bits per heavy atom. The summed E-state index contributed by atoms with van der Waals surface area (Å²) < 4.78 is 5.34. The molecule has 0 aliphatic carbocycles. The van der Waals surface area contributed by atoms with Crippen LogP contribution in [0.1, 0.15) is 23.7 Å². The first kappa shape index (κ1) is 13.4. The van der Waals surface area contributed by atoms with E-state index in [1.54, 1.807) is 0 Å². The number of nitrogens with one attached hydrogen (secondary N) is 1. The molecular formula is C13H22N4O. The van der Waals surface area contributed by atoms with Crippen LogP contribution in [0.3, 0.4) is 0 Å². The Morgan fingerprint density at radius 3 is 2.83 bits per heavy atom. The Hall–Kier alpha value is -1.01. The fraction of sp³-hybridized carbons (Fsp3) is 0.615. The Kier molecular flexibility index (Phi) is 5.07. The molecule has 100 valence electrons. The topological polar surface area (TPSA) is 63.4 Å². The van der Waals surface area contributed by atoms with Crippen molar-refractivity contribution in [3.8, 4) is 0 Å². The molecule has 2 heterocycles. The van der Waals surface area contributed by atoms with Crippen molar-refractivity contribution in [3.63, 3.8) is 0 Å². The molecule has 2 rings (SSSR count). The van der Waals surface area contributed by atoms with Crippen LogP contribution in [0.5, 0.6) is 0 Å². The van der Waals surface area contributed by atoms with Crippen molar-refractivity contribution in [2.45, 2.75) is 19.4 Å². The number of hydrazine groups is 1. The minimum absolute atomic E-state index is 0.119. The Balaban J connectivity index is 1.86. The van der Waals surface area contributed by atoms with Gasteiger partial charge in [-0.25, -0.2) is 0 Å². The third-order valence-electron chi connectivity index (χ3n) is 3.33. The van der Waals surface area contributed by atoms with E-state index in [1.165, 1.54) is 5.56 Å². The molecule has 1 unspecified atom stereocenters. The molecule has 0 saturated carbocycles. The standard InChI is InChI=1S/C13H22N4O/c1-11-2-3-12(15-10-11)13(16-14)4-5-17-6-8-18-9-7-17/h2-3,10,13,16H,4-9,14H2,1H3. The average molecular weight is 250 g/mol. The van der Waals surface area contributed by atoms with E-state index < -0.39 is 0 Å². The van der Waals surface area contributed by atoms with Gasteiger partial charge in [0, 0.05) is 25.8 Å². The molecule has 1 aliphatic rings. The van der Waals surface area contributed by atoms with Gasteiger partial charge in [-0.1, -0.05) is 6.07 Å². The molecule has 1 aliphatic heterocycles. The third kappa shape index (κ3) is 3.74. The normalized spacial score (nSPS) is 18.8. The van der Waals surface area contributed by atoms with E-state index >= 15 is 0 Å². The Morgan fingerprint density at radius 2 is 2.22 bits per heavy atom. The summed E-state index contributed by atoms with van der Waals surface area (Å²) in [4.78, 5) is 6.83. The molecule has 0 spiro atoms. The molecular weight excluding hydrogens is 228 g/mol. The molecule has 1 aromatic heterocycles. The van der Waals surface area contributed by atoms with Crippen LogP contribution in [0.2, 0.25) is 0 Å². The molecule has 1 saturated heterocycles. The van der Waals surface area contributed by atoms with Crippen molar-refractivity contribution < 1.29 is 4.74 Å². The first-order chi connectivity index (χ1) is 8.79. The highest BCUT2D eigenvalue weighted by atomic mass is 16.5. The molecule has 5 heteroatoms. The molecule has 18 heavy (non-hydrogen) atoms. The maximum absolute atomic E-state index is 5.63. The van der Waals surface area contributed by atoms with E-state index in [2.05, 4.69) is 21.4 Å². The highest BCUT2D eigenvalue weighted by Gasteiger charge is 2.15. The van der Waals surface area contributed by atoms with Crippen molar-refractivity contribution >= 4 is 0 Å². The summed E-state index contributed by atoms with van der Waals surface area (Å²) in [5.74, 6) is 5.63. The summed E-state index contributed by atoms with van der Waals surface area (Å²) in [6.45, 7) is 6.76. The van der Waals surface area contributed by atoms with Gasteiger partial charge in [-0.3, -0.25) is 21.2 Å². The summed E-state index contributed by atoms with van der Waals surface area (Å²) in [6.07, 6.45) is 2.85. The second kappa shape index (κ2) is 6.80. The van der Waals surface area contributed by atoms with Crippen LogP contribution in [0.15, 0.2) is 18.3 Å². The number of hydrogen-bond donors (Lipinski definition) is 2. The Bertz CT molecular complexity index is 349. The summed E-state index contributed by atoms with van der Waals surface area (Å²) >= 11 is 0. The lowest BCUT2D eigenvalue weighted by Gasteiger charge is -2.28. The first-order valence-electron chi connectivity index (χ1n) is 6.48. The number of ether oxygens (including phenoxy) is 1. The lowest BCUT2D eigenvalue weighted by molar-refractivity contribution is 0.0361. The summed E-state index contributed by atoms with van der Waals surface area (Å²) in [7, 11) is 0. The molecule has 3 N–H and O–H groups in total. The highest BCUT2D eigenvalue weighted by Crippen LogP contribution is 2.14. The van der Waals surface area contributed by atoms with E-state index in [0.29, 0.717) is 0 Å². The minimum atomic E-state index is 0.119. The molecule has 1 aromatic rings. The summed E-state index contributed by atoms with van der Waals surface area (Å²) in [6, 6.07) is 4.23. The molecule has 0 bridgehead atoms. The van der Waals surface area contributed by atoms with Crippen LogP contribution in [0.25, 0.3) is 0 Å². The number of morpholine rings is 1. The van der Waals surface area contributed by atoms with Crippen molar-refractivity contribution in [3.05, 3.63) is 29.6 Å². The number of rotatable bonds is 5. The van der Waals surface area contributed by atoms with E-state index in [-0.39, 0.29) is 6.04 Å². The lowest BCUT2D eigenvalue weighted by atomic mass is 10.1. The number of pyridine rings is 1. The van der Waals surface area contributed by atoms with Gasteiger partial charge in [0.2, 0.25) is 0 Å². The van der Waals surface area contributed by atoms with Gasteiger partial charge >= 0.3 is 0 Å². The smallest absolute Gasteiger partial charge is 0.0644 e. The summed E-state index contributed by atoms with van der Waals surface area (Å²) in [5, 5.41) is 0. The van der Waals surface area contributed by atoms with Crippen LogP contribution in [0, 0.1) is 6.92 Å². The van der Waals surface area contributed by atoms with Crippen LogP contribution in [-0.4, -0.2) is 42.7 Å². The Labute approximate surface area is 108 Å². The van der Waals surface area contributed by atoms with Crippen LogP contribution in [0.4, 0.5) is 0 Å². The number of hydrogen-bond acceptors (Lipinski definition) is 5. The number of nitrogens with two attached hydrogens (primary N) is 1. The number of nitrogens with zero attached hydrogens (tertiary/aromatic N) is 2. The third-order valence-corrected chi connectivity index (χ3v) is 3.33. The van der Waals surface area contributed by atoms with Gasteiger partial charge in [0.15, 0.2) is 0 Å². The monoisotopic (exact) mass is 250 g/mol. The van der Waals surface area contributed by atoms with Crippen molar-refractivity contribution in [2.24, 2.45) is 5.84 Å². The zero-order valence-corrected chi connectivity index (χ0v) is 10.9. The van der Waals surface area contributed by atoms with Gasteiger partial charge in [0.05, 0.1) is 24.9 Å². The van der Waals surface area contributed by atoms with E-state index in [4.69, 9.17) is 10.6 Å². The molecule has 0 amide bonds. The minimum Gasteiger partial charge on any atom is -0.379 e. The van der Waals surface area contributed by atoms with Crippen molar-refractivity contribution in [2.75, 3.05) is 32.8 Å². The van der Waals surface area contributed by atoms with Gasteiger partial charge in [0.1, 0.15) is 0 Å². The SMILES string of the molecule is Cc1ccc(C(CCN2CCOCC2)NN)nc1. The van der Waals surface area contributed by atoms with Crippen molar-refractivity contribution in [1.29, 1.82) is 0 Å². The zero-order valence-electron chi connectivity index (χ0n) is 10.9. The average Bonchev–Trinajstić information content (AvgIpc) is 2.42. The molecule has 5 nitrogen and oxygen atoms in total. The van der Waals surface area contributed by atoms with Crippen LogP contribution >= 0.6 is 0 Å². The maximum Gasteiger partial charge on any atom is 0.0644 e. The fourth-order valence-corrected chi connectivity index (χ4v) is 2.14. The van der Waals surface area contributed by atoms with E-state index in [0.717, 1.165) is 45.0 Å². The second-order valence-electron chi connectivity index (χ2n) is 4.72. The quantitative estimate of drug-likeness (QED) is 0.592. The number of aryl methyl sites for hydroxylation is 1. The lowest BCUT2D eigenvalue weighted by Crippen LogP contribution is -2.39. The first-order valence-corrected chi connectivity index (χ1v) is 6.48. The van der Waals surface area contributed by atoms with Crippen molar-refractivity contribution in [1.82, 2.24) is 15.3 Å². The predicted octanol–water partition coefficient (Wildman–Crippen LogP) is 0.617. The zero-order chi connectivity index (χ0) is 12.8. The van der Waals surface area contributed by atoms with Crippen LogP contribution < -0.4 is 11.3 Å². The van der Waals surface area contributed by atoms with Gasteiger partial charge in [-0.2, -0.15) is 0 Å². The van der Waals surface area contributed by atoms with E-state index in [9.17, 15) is 0 Å². The largest absolute Gasteiger partial charge is 0.379 e. The second-order valence-corrected chi connectivity index (χ2v) is 4.72. The van der Waals surface area contributed by atoms with Crippen LogP contribution in [-0.2, 0) is 4.74 Å². The molecule has 1 atom stereocenters. The predicted molar refractivity (Wildman–Crippen MR) is 70.9 cm³/mol. The van der Waals surface area contributed by atoms with Gasteiger partial charge < -0.3 is 4.74 Å². The molecule has 0 radical (unpaired) electrons. The molecule has 0 aromatic carbocycles. The summed E-state index contributed by atoms with van der Waals surface area (Å²) in [5.41, 5.74) is 5.04.